The zero-order valence-electron chi connectivity index (χ0n) is 11.8. The lowest BCUT2D eigenvalue weighted by atomic mass is 10.1. The number of nitrogens with two attached hydrogens (primary N) is 1. The zero-order valence-corrected chi connectivity index (χ0v) is 12.6. The second-order valence-corrected chi connectivity index (χ2v) is 7.31. The Bertz CT molecular complexity index is 565. The summed E-state index contributed by atoms with van der Waals surface area (Å²) in [4.78, 5) is 0.289. The summed E-state index contributed by atoms with van der Waals surface area (Å²) in [5, 5.41) is 0. The molecule has 2 N–H and O–H groups in total. The van der Waals surface area contributed by atoms with Crippen molar-refractivity contribution in [3.05, 3.63) is 23.8 Å². The van der Waals surface area contributed by atoms with Gasteiger partial charge in [0.05, 0.1) is 4.90 Å². The van der Waals surface area contributed by atoms with Gasteiger partial charge < -0.3 is 5.73 Å². The van der Waals surface area contributed by atoms with Crippen LogP contribution in [0.4, 0.5) is 5.69 Å². The number of aryl methyl sites for hydroxylation is 1. The molecule has 0 aliphatic heterocycles. The molecule has 0 saturated heterocycles. The smallest absolute Gasteiger partial charge is 0.243 e. The average molecular weight is 282 g/mol. The van der Waals surface area contributed by atoms with Gasteiger partial charge in [-0.2, -0.15) is 4.31 Å². The fraction of sp³-hybridized carbons (Fsp3) is 0.571. The Hall–Kier alpha value is -1.07. The highest BCUT2D eigenvalue weighted by molar-refractivity contribution is 7.89. The van der Waals surface area contributed by atoms with E-state index in [1.54, 1.807) is 25.2 Å². The minimum atomic E-state index is -3.44. The van der Waals surface area contributed by atoms with Crippen LogP contribution in [-0.2, 0) is 16.4 Å². The Kier molecular flexibility index (Phi) is 3.87. The summed E-state index contributed by atoms with van der Waals surface area (Å²) in [6.07, 6.45) is 3.05. The molecule has 106 valence electrons. The zero-order chi connectivity index (χ0) is 14.2. The molecular formula is C14H22N2O2S. The SMILES string of the molecule is CCc1ccc(S(=O)(=O)N(C)C(C)C2CC2)cc1N. The molecule has 1 aliphatic carbocycles. The van der Waals surface area contributed by atoms with Crippen LogP contribution in [-0.4, -0.2) is 25.8 Å². The molecule has 1 aliphatic rings. The summed E-state index contributed by atoms with van der Waals surface area (Å²) >= 11 is 0. The number of hydrogen-bond donors (Lipinski definition) is 1. The molecule has 1 aromatic carbocycles. The Balaban J connectivity index is 2.30. The predicted octanol–water partition coefficient (Wildman–Crippen LogP) is 2.25. The molecule has 1 unspecified atom stereocenters. The van der Waals surface area contributed by atoms with Crippen LogP contribution in [0.25, 0.3) is 0 Å². The highest BCUT2D eigenvalue weighted by Crippen LogP contribution is 2.36. The van der Waals surface area contributed by atoms with Crippen LogP contribution in [0, 0.1) is 5.92 Å². The number of benzene rings is 1. The summed E-state index contributed by atoms with van der Waals surface area (Å²) in [5.41, 5.74) is 7.43. The van der Waals surface area contributed by atoms with Gasteiger partial charge in [0.1, 0.15) is 0 Å². The van der Waals surface area contributed by atoms with Crippen LogP contribution < -0.4 is 5.73 Å². The molecule has 1 fully saturated rings. The van der Waals surface area contributed by atoms with Gasteiger partial charge in [0.25, 0.3) is 0 Å². The predicted molar refractivity (Wildman–Crippen MR) is 77.4 cm³/mol. The maximum Gasteiger partial charge on any atom is 0.243 e. The number of anilines is 1. The number of nitrogens with zero attached hydrogens (tertiary/aromatic N) is 1. The number of sulfonamides is 1. The van der Waals surface area contributed by atoms with Gasteiger partial charge in [-0.3, -0.25) is 0 Å². The molecule has 1 saturated carbocycles. The van der Waals surface area contributed by atoms with E-state index in [-0.39, 0.29) is 10.9 Å². The molecule has 19 heavy (non-hydrogen) atoms. The Morgan fingerprint density at radius 3 is 2.53 bits per heavy atom. The van der Waals surface area contributed by atoms with Gasteiger partial charge in [-0.25, -0.2) is 8.42 Å². The van der Waals surface area contributed by atoms with E-state index in [9.17, 15) is 8.42 Å². The van der Waals surface area contributed by atoms with Gasteiger partial charge >= 0.3 is 0 Å². The highest BCUT2D eigenvalue weighted by Gasteiger charge is 2.36. The minimum Gasteiger partial charge on any atom is -0.398 e. The third-order valence-corrected chi connectivity index (χ3v) is 5.99. The topological polar surface area (TPSA) is 63.4 Å². The van der Waals surface area contributed by atoms with E-state index < -0.39 is 10.0 Å². The van der Waals surface area contributed by atoms with Gasteiger partial charge in [0.15, 0.2) is 0 Å². The van der Waals surface area contributed by atoms with E-state index in [0.29, 0.717) is 11.6 Å². The van der Waals surface area contributed by atoms with Crippen LogP contribution in [0.15, 0.2) is 23.1 Å². The third kappa shape index (κ3) is 2.77. The van der Waals surface area contributed by atoms with E-state index >= 15 is 0 Å². The highest BCUT2D eigenvalue weighted by atomic mass is 32.2. The van der Waals surface area contributed by atoms with Crippen LogP contribution in [0.5, 0.6) is 0 Å². The van der Waals surface area contributed by atoms with Crippen molar-refractivity contribution >= 4 is 15.7 Å². The van der Waals surface area contributed by atoms with Crippen LogP contribution in [0.1, 0.15) is 32.3 Å². The Morgan fingerprint density at radius 2 is 2.05 bits per heavy atom. The number of hydrogen-bond acceptors (Lipinski definition) is 3. The van der Waals surface area contributed by atoms with Crippen molar-refractivity contribution < 1.29 is 8.42 Å². The first kappa shape index (κ1) is 14.3. The van der Waals surface area contributed by atoms with E-state index in [0.717, 1.165) is 24.8 Å². The van der Waals surface area contributed by atoms with Crippen molar-refractivity contribution in [2.45, 2.75) is 44.0 Å². The summed E-state index contributed by atoms with van der Waals surface area (Å²) in [6.45, 7) is 3.97. The fourth-order valence-corrected chi connectivity index (χ4v) is 3.77. The van der Waals surface area contributed by atoms with Crippen molar-refractivity contribution in [3.63, 3.8) is 0 Å². The van der Waals surface area contributed by atoms with Gasteiger partial charge in [-0.1, -0.05) is 13.0 Å². The summed E-state index contributed by atoms with van der Waals surface area (Å²) < 4.78 is 26.5. The van der Waals surface area contributed by atoms with E-state index in [2.05, 4.69) is 0 Å². The van der Waals surface area contributed by atoms with Crippen molar-refractivity contribution in [1.29, 1.82) is 0 Å². The average Bonchev–Trinajstić information content (AvgIpc) is 3.21. The van der Waals surface area contributed by atoms with E-state index in [1.807, 2.05) is 13.8 Å². The van der Waals surface area contributed by atoms with Crippen LogP contribution in [0.3, 0.4) is 0 Å². The second kappa shape index (κ2) is 5.13. The second-order valence-electron chi connectivity index (χ2n) is 5.31. The molecule has 2 rings (SSSR count). The summed E-state index contributed by atoms with van der Waals surface area (Å²) in [7, 11) is -1.78. The lowest BCUT2D eigenvalue weighted by Gasteiger charge is -2.24. The molecule has 1 atom stereocenters. The summed E-state index contributed by atoms with van der Waals surface area (Å²) in [6, 6.07) is 5.08. The first-order valence-corrected chi connectivity index (χ1v) is 8.18. The van der Waals surface area contributed by atoms with Gasteiger partial charge in [0.2, 0.25) is 10.0 Å². The van der Waals surface area contributed by atoms with Gasteiger partial charge in [-0.05, 0) is 49.8 Å². The maximum absolute atomic E-state index is 12.5. The Morgan fingerprint density at radius 1 is 1.42 bits per heavy atom. The van der Waals surface area contributed by atoms with Crippen molar-refractivity contribution in [2.24, 2.45) is 5.92 Å². The molecule has 0 radical (unpaired) electrons. The largest absolute Gasteiger partial charge is 0.398 e. The van der Waals surface area contributed by atoms with Crippen molar-refractivity contribution in [2.75, 3.05) is 12.8 Å². The normalized spacial score (nSPS) is 17.7. The molecule has 4 nitrogen and oxygen atoms in total. The van der Waals surface area contributed by atoms with Crippen molar-refractivity contribution in [1.82, 2.24) is 4.31 Å². The fourth-order valence-electron chi connectivity index (χ4n) is 2.32. The molecule has 0 amide bonds. The standard InChI is InChI=1S/C14H22N2O2S/c1-4-11-7-8-13(9-14(11)15)19(17,18)16(3)10(2)12-5-6-12/h7-10,12H,4-6,15H2,1-3H3. The molecule has 0 spiro atoms. The molecule has 0 bridgehead atoms. The molecule has 0 aromatic heterocycles. The lowest BCUT2D eigenvalue weighted by Crippen LogP contribution is -2.36. The van der Waals surface area contributed by atoms with Gasteiger partial charge in [0, 0.05) is 18.8 Å². The molecule has 5 heteroatoms. The third-order valence-electron chi connectivity index (χ3n) is 4.05. The monoisotopic (exact) mass is 282 g/mol. The molecular weight excluding hydrogens is 260 g/mol. The first-order valence-electron chi connectivity index (χ1n) is 6.74. The van der Waals surface area contributed by atoms with Crippen LogP contribution >= 0.6 is 0 Å². The van der Waals surface area contributed by atoms with E-state index in [4.69, 9.17) is 5.73 Å². The number of nitrogen functional groups attached to an aromatic ring is 1. The van der Waals surface area contributed by atoms with Crippen LogP contribution in [0.2, 0.25) is 0 Å². The van der Waals surface area contributed by atoms with E-state index in [1.165, 1.54) is 4.31 Å². The maximum atomic E-state index is 12.5. The molecule has 1 aromatic rings. The quantitative estimate of drug-likeness (QED) is 0.842. The summed E-state index contributed by atoms with van der Waals surface area (Å²) in [5.74, 6) is 0.507. The minimum absolute atomic E-state index is 0.0528. The first-order chi connectivity index (χ1) is 8.87. The van der Waals surface area contributed by atoms with Crippen molar-refractivity contribution in [3.8, 4) is 0 Å². The lowest BCUT2D eigenvalue weighted by molar-refractivity contribution is 0.357. The van der Waals surface area contributed by atoms with Gasteiger partial charge in [-0.15, -0.1) is 0 Å². The molecule has 0 heterocycles. The Labute approximate surface area is 115 Å². The number of rotatable bonds is 5.